The van der Waals surface area contributed by atoms with E-state index in [4.69, 9.17) is 18.3 Å². The minimum atomic E-state index is -1.51. The highest BCUT2D eigenvalue weighted by Crippen LogP contribution is 2.47. The molecule has 2 aliphatic heterocycles. The molecule has 1 aromatic heterocycles. The van der Waals surface area contributed by atoms with Crippen molar-refractivity contribution in [3.05, 3.63) is 62.7 Å². The summed E-state index contributed by atoms with van der Waals surface area (Å²) in [6.07, 6.45) is 1.06. The zero-order valence-electron chi connectivity index (χ0n) is 13.6. The fourth-order valence-corrected chi connectivity index (χ4v) is 3.89. The predicted octanol–water partition coefficient (Wildman–Crippen LogP) is 2.21. The Hall–Kier alpha value is -2.06. The molecule has 4 rings (SSSR count). The molecular weight excluding hydrogens is 366 g/mol. The molecule has 0 spiro atoms. The lowest BCUT2D eigenvalue weighted by atomic mass is 10.2. The summed E-state index contributed by atoms with van der Waals surface area (Å²) in [5.74, 6) is -0.288. The molecule has 0 saturated carbocycles. The van der Waals surface area contributed by atoms with Gasteiger partial charge in [-0.25, -0.2) is 4.79 Å². The third kappa shape index (κ3) is 3.57. The second-order valence-electron chi connectivity index (χ2n) is 5.93. The molecule has 1 aromatic carbocycles. The van der Waals surface area contributed by atoms with Gasteiger partial charge in [0.05, 0.1) is 25.5 Å². The fourth-order valence-electron chi connectivity index (χ4n) is 2.84. The highest BCUT2D eigenvalue weighted by atomic mass is 31.2. The molecule has 1 saturated heterocycles. The van der Waals surface area contributed by atoms with Crippen LogP contribution in [0.5, 0.6) is 5.75 Å². The van der Waals surface area contributed by atoms with Crippen molar-refractivity contribution >= 4 is 8.60 Å². The largest absolute Gasteiger partial charge is 0.426 e. The fraction of sp³-hybridized carbons (Fsp3) is 0.375. The van der Waals surface area contributed by atoms with Crippen molar-refractivity contribution in [2.24, 2.45) is 0 Å². The normalized spacial score (nSPS) is 24.9. The molecule has 2 aliphatic rings. The molecule has 10 heteroatoms. The lowest BCUT2D eigenvalue weighted by molar-refractivity contribution is -0.0233. The van der Waals surface area contributed by atoms with Crippen LogP contribution >= 0.6 is 8.60 Å². The van der Waals surface area contributed by atoms with Crippen LogP contribution in [0.3, 0.4) is 0 Å². The Balaban J connectivity index is 1.34. The van der Waals surface area contributed by atoms with Crippen LogP contribution < -0.4 is 15.8 Å². The average molecular weight is 382 g/mol. The Bertz CT molecular complexity index is 916. The van der Waals surface area contributed by atoms with E-state index in [2.05, 4.69) is 0 Å². The van der Waals surface area contributed by atoms with Crippen molar-refractivity contribution in [1.29, 1.82) is 0 Å². The van der Waals surface area contributed by atoms with Gasteiger partial charge >= 0.3 is 14.3 Å². The van der Waals surface area contributed by atoms with Gasteiger partial charge in [0.25, 0.3) is 5.56 Å². The van der Waals surface area contributed by atoms with Crippen molar-refractivity contribution in [2.75, 3.05) is 6.61 Å². The summed E-state index contributed by atoms with van der Waals surface area (Å²) in [6, 6.07) is 7.57. The van der Waals surface area contributed by atoms with Crippen molar-refractivity contribution in [2.45, 2.75) is 31.8 Å². The quantitative estimate of drug-likeness (QED) is 0.816. The van der Waals surface area contributed by atoms with Gasteiger partial charge in [0.15, 0.2) is 0 Å². The Morgan fingerprint density at radius 3 is 3.04 bits per heavy atom. The van der Waals surface area contributed by atoms with Gasteiger partial charge in [-0.3, -0.25) is 23.4 Å². The molecule has 0 aliphatic carbocycles. The van der Waals surface area contributed by atoms with Crippen LogP contribution in [0, 0.1) is 5.82 Å². The maximum atomic E-state index is 13.4. The summed E-state index contributed by atoms with van der Waals surface area (Å²) in [5.41, 5.74) is -0.784. The number of ether oxygens (including phenoxy) is 1. The molecule has 1 fully saturated rings. The van der Waals surface area contributed by atoms with Crippen LogP contribution in [0.4, 0.5) is 4.39 Å². The highest BCUT2D eigenvalue weighted by molar-refractivity contribution is 7.42. The van der Waals surface area contributed by atoms with E-state index in [-0.39, 0.29) is 12.7 Å². The number of aromatic nitrogens is 2. The van der Waals surface area contributed by atoms with Crippen LogP contribution in [0.2, 0.25) is 0 Å². The van der Waals surface area contributed by atoms with Crippen LogP contribution in [-0.4, -0.2) is 22.3 Å². The van der Waals surface area contributed by atoms with Gasteiger partial charge in [-0.15, -0.1) is 0 Å². The standard InChI is InChI=1S/C16H16FN2O6P/c17-12-7-19(16(21)18-15(12)20)14-6-5-11(24-14)9-23-26-22-8-10-3-1-2-4-13(10)25-26/h1-4,7,11,14H,5-6,8-9H2,(H,18,20,21). The third-order valence-electron chi connectivity index (χ3n) is 4.16. The number of fused-ring (bicyclic) bond motifs is 1. The first-order chi connectivity index (χ1) is 12.6. The molecule has 3 unspecified atom stereocenters. The van der Waals surface area contributed by atoms with Gasteiger partial charge in [-0.05, 0) is 18.9 Å². The number of halogens is 1. The minimum absolute atomic E-state index is 0.227. The number of hydrogen-bond acceptors (Lipinski definition) is 6. The number of para-hydroxylation sites is 1. The van der Waals surface area contributed by atoms with Crippen LogP contribution in [-0.2, 0) is 20.4 Å². The number of rotatable bonds is 4. The van der Waals surface area contributed by atoms with Crippen molar-refractivity contribution in [3.8, 4) is 5.75 Å². The monoisotopic (exact) mass is 382 g/mol. The molecule has 0 amide bonds. The Morgan fingerprint density at radius 2 is 2.15 bits per heavy atom. The summed E-state index contributed by atoms with van der Waals surface area (Å²) in [5, 5.41) is 0. The lowest BCUT2D eigenvalue weighted by Crippen LogP contribution is -2.34. The van der Waals surface area contributed by atoms with E-state index in [9.17, 15) is 14.0 Å². The SMILES string of the molecule is O=c1[nH]c(=O)n(C2CCC(COP3OCc4ccccc4O3)O2)cc1F. The van der Waals surface area contributed by atoms with Gasteiger partial charge in [0, 0.05) is 5.56 Å². The van der Waals surface area contributed by atoms with Crippen molar-refractivity contribution in [3.63, 3.8) is 0 Å². The summed E-state index contributed by atoms with van der Waals surface area (Å²) >= 11 is 0. The lowest BCUT2D eigenvalue weighted by Gasteiger charge is -2.24. The minimum Gasteiger partial charge on any atom is -0.426 e. The van der Waals surface area contributed by atoms with E-state index in [1.165, 1.54) is 0 Å². The first-order valence-electron chi connectivity index (χ1n) is 8.08. The van der Waals surface area contributed by atoms with E-state index in [0.717, 1.165) is 22.1 Å². The van der Waals surface area contributed by atoms with E-state index >= 15 is 0 Å². The molecule has 138 valence electrons. The highest BCUT2D eigenvalue weighted by Gasteiger charge is 2.30. The van der Waals surface area contributed by atoms with Crippen LogP contribution in [0.1, 0.15) is 24.6 Å². The number of hydrogen-bond donors (Lipinski definition) is 1. The summed E-state index contributed by atoms with van der Waals surface area (Å²) < 4.78 is 37.1. The molecule has 26 heavy (non-hydrogen) atoms. The zero-order valence-corrected chi connectivity index (χ0v) is 14.5. The summed E-state index contributed by atoms with van der Waals surface area (Å²) in [4.78, 5) is 24.8. The van der Waals surface area contributed by atoms with E-state index in [0.29, 0.717) is 19.4 Å². The van der Waals surface area contributed by atoms with Crippen molar-refractivity contribution < 1.29 is 22.7 Å². The van der Waals surface area contributed by atoms with Crippen molar-refractivity contribution in [1.82, 2.24) is 9.55 Å². The second kappa shape index (κ2) is 7.28. The first-order valence-corrected chi connectivity index (χ1v) is 9.18. The van der Waals surface area contributed by atoms with Gasteiger partial charge in [-0.1, -0.05) is 18.2 Å². The molecular formula is C16H16FN2O6P. The number of benzene rings is 1. The third-order valence-corrected chi connectivity index (χ3v) is 5.20. The number of aromatic amines is 1. The van der Waals surface area contributed by atoms with E-state index < -0.39 is 31.9 Å². The Morgan fingerprint density at radius 1 is 1.31 bits per heavy atom. The van der Waals surface area contributed by atoms with Crippen LogP contribution in [0.15, 0.2) is 40.1 Å². The smallest absolute Gasteiger partial charge is 0.397 e. The topological polar surface area (TPSA) is 91.8 Å². The summed E-state index contributed by atoms with van der Waals surface area (Å²) in [7, 11) is -1.51. The molecule has 1 N–H and O–H groups in total. The second-order valence-corrected chi connectivity index (χ2v) is 7.07. The maximum absolute atomic E-state index is 13.4. The van der Waals surface area contributed by atoms with E-state index in [1.54, 1.807) is 0 Å². The molecule has 0 bridgehead atoms. The Kier molecular flexibility index (Phi) is 4.86. The number of H-pyrrole nitrogens is 1. The van der Waals surface area contributed by atoms with Gasteiger partial charge in [-0.2, -0.15) is 4.39 Å². The molecule has 3 heterocycles. The maximum Gasteiger partial charge on any atom is 0.397 e. The number of nitrogens with zero attached hydrogens (tertiary/aromatic N) is 1. The predicted molar refractivity (Wildman–Crippen MR) is 89.2 cm³/mol. The summed E-state index contributed by atoms with van der Waals surface area (Å²) in [6.45, 7) is 0.646. The molecule has 2 aromatic rings. The van der Waals surface area contributed by atoms with Gasteiger partial charge in [0.2, 0.25) is 5.82 Å². The van der Waals surface area contributed by atoms with Gasteiger partial charge < -0.3 is 9.26 Å². The molecule has 3 atom stereocenters. The van der Waals surface area contributed by atoms with E-state index in [1.807, 2.05) is 29.2 Å². The zero-order chi connectivity index (χ0) is 18.1. The number of nitrogens with one attached hydrogen (secondary N) is 1. The average Bonchev–Trinajstić information content (AvgIpc) is 3.11. The molecule has 0 radical (unpaired) electrons. The Labute approximate surface area is 148 Å². The molecule has 8 nitrogen and oxygen atoms in total. The first kappa shape index (κ1) is 17.4. The van der Waals surface area contributed by atoms with Crippen LogP contribution in [0.25, 0.3) is 0 Å². The van der Waals surface area contributed by atoms with Gasteiger partial charge in [0.1, 0.15) is 12.0 Å².